The summed E-state index contributed by atoms with van der Waals surface area (Å²) in [6, 6.07) is 4.04. The van der Waals surface area contributed by atoms with Crippen LogP contribution >= 0.6 is 11.3 Å². The molecular formula is C9H16S. The average molecular weight is 156 g/mol. The lowest BCUT2D eigenvalue weighted by Crippen LogP contribution is -1.59. The molecule has 0 bridgehead atoms. The monoisotopic (exact) mass is 156 g/mol. The maximum atomic E-state index is 2.21. The van der Waals surface area contributed by atoms with E-state index in [9.17, 15) is 0 Å². The Morgan fingerprint density at radius 2 is 1.50 bits per heavy atom. The van der Waals surface area contributed by atoms with E-state index in [1.807, 2.05) is 22.9 Å². The molecule has 0 aliphatic heterocycles. The third-order valence-corrected chi connectivity index (χ3v) is 1.76. The highest BCUT2D eigenvalue weighted by molar-refractivity contribution is 7.07. The number of hydrogen-bond donors (Lipinski definition) is 0. The molecule has 1 aromatic rings. The van der Waals surface area contributed by atoms with E-state index in [4.69, 9.17) is 0 Å². The van der Waals surface area contributed by atoms with Crippen molar-refractivity contribution in [2.75, 3.05) is 0 Å². The van der Waals surface area contributed by atoms with Gasteiger partial charge in [-0.2, -0.15) is 11.3 Å². The van der Waals surface area contributed by atoms with E-state index in [-0.39, 0.29) is 0 Å². The summed E-state index contributed by atoms with van der Waals surface area (Å²) < 4.78 is 0. The van der Waals surface area contributed by atoms with Gasteiger partial charge in [0.15, 0.2) is 0 Å². The fourth-order valence-electron chi connectivity index (χ4n) is 0.580. The highest BCUT2D eigenvalue weighted by atomic mass is 32.1. The van der Waals surface area contributed by atoms with Crippen LogP contribution in [0.4, 0.5) is 0 Å². The van der Waals surface area contributed by atoms with Crippen LogP contribution in [0.3, 0.4) is 0 Å². The maximum absolute atomic E-state index is 2.21. The predicted molar refractivity (Wildman–Crippen MR) is 49.5 cm³/mol. The van der Waals surface area contributed by atoms with E-state index in [0.29, 0.717) is 0 Å². The summed E-state index contributed by atoms with van der Waals surface area (Å²) in [5.41, 5.74) is 0. The van der Waals surface area contributed by atoms with Crippen molar-refractivity contribution in [2.24, 2.45) is 0 Å². The van der Waals surface area contributed by atoms with E-state index in [1.165, 1.54) is 19.3 Å². The van der Waals surface area contributed by atoms with Gasteiger partial charge in [0.2, 0.25) is 0 Å². The van der Waals surface area contributed by atoms with E-state index in [0.717, 1.165) is 0 Å². The minimum atomic E-state index is 1.34. The standard InChI is InChI=1S/C5H12.C4H4S/c1-3-5-4-2;1-2-4-5-3-1/h3-5H2,1-2H3;1-4H. The molecule has 0 aliphatic rings. The summed E-state index contributed by atoms with van der Waals surface area (Å²) in [6.07, 6.45) is 4.08. The molecule has 0 N–H and O–H groups in total. The topological polar surface area (TPSA) is 0 Å². The highest BCUT2D eigenvalue weighted by Crippen LogP contribution is 1.91. The first-order valence-electron chi connectivity index (χ1n) is 3.89. The van der Waals surface area contributed by atoms with Crippen molar-refractivity contribution in [3.8, 4) is 0 Å². The Bertz CT molecular complexity index is 91.1. The molecule has 58 valence electrons. The SMILES string of the molecule is CCCCC.c1ccsc1. The number of hydrogen-bond acceptors (Lipinski definition) is 1. The molecule has 1 heterocycles. The number of unbranched alkanes of at least 4 members (excludes halogenated alkanes) is 2. The van der Waals surface area contributed by atoms with Gasteiger partial charge in [0.25, 0.3) is 0 Å². The van der Waals surface area contributed by atoms with E-state index < -0.39 is 0 Å². The first kappa shape index (κ1) is 9.70. The molecule has 0 spiro atoms. The summed E-state index contributed by atoms with van der Waals surface area (Å²) in [7, 11) is 0. The second-order valence-corrected chi connectivity index (χ2v) is 2.96. The molecule has 0 fully saturated rings. The lowest BCUT2D eigenvalue weighted by atomic mass is 10.3. The fourth-order valence-corrected chi connectivity index (χ4v) is 1.03. The third-order valence-electron chi connectivity index (χ3n) is 1.13. The molecule has 0 aliphatic carbocycles. The summed E-state index contributed by atoms with van der Waals surface area (Å²) in [5, 5.41) is 4.08. The van der Waals surface area contributed by atoms with Crippen molar-refractivity contribution in [1.29, 1.82) is 0 Å². The first-order chi connectivity index (χ1) is 4.91. The Morgan fingerprint density at radius 3 is 1.60 bits per heavy atom. The molecule has 0 nitrogen and oxygen atoms in total. The van der Waals surface area contributed by atoms with Crippen molar-refractivity contribution in [1.82, 2.24) is 0 Å². The summed E-state index contributed by atoms with van der Waals surface area (Å²) in [6.45, 7) is 4.42. The molecule has 0 atom stereocenters. The first-order valence-corrected chi connectivity index (χ1v) is 4.83. The van der Waals surface area contributed by atoms with Crippen LogP contribution in [0, 0.1) is 0 Å². The van der Waals surface area contributed by atoms with Gasteiger partial charge in [0.05, 0.1) is 0 Å². The zero-order valence-electron chi connectivity index (χ0n) is 6.84. The molecule has 10 heavy (non-hydrogen) atoms. The lowest BCUT2D eigenvalue weighted by molar-refractivity contribution is 0.772. The predicted octanol–water partition coefficient (Wildman–Crippen LogP) is 3.94. The van der Waals surface area contributed by atoms with E-state index in [2.05, 4.69) is 13.8 Å². The quantitative estimate of drug-likeness (QED) is 0.608. The molecule has 0 aromatic carbocycles. The number of rotatable bonds is 2. The molecular weight excluding hydrogens is 140 g/mol. The zero-order chi connectivity index (χ0) is 7.66. The molecule has 0 amide bonds. The minimum absolute atomic E-state index is 1.34. The molecule has 0 unspecified atom stereocenters. The molecule has 0 radical (unpaired) electrons. The fraction of sp³-hybridized carbons (Fsp3) is 0.556. The van der Waals surface area contributed by atoms with Gasteiger partial charge in [-0.1, -0.05) is 45.2 Å². The molecule has 1 rings (SSSR count). The van der Waals surface area contributed by atoms with Gasteiger partial charge in [-0.15, -0.1) is 0 Å². The molecule has 1 heteroatoms. The van der Waals surface area contributed by atoms with Crippen LogP contribution in [0.1, 0.15) is 33.1 Å². The molecule has 0 saturated carbocycles. The van der Waals surface area contributed by atoms with Crippen molar-refractivity contribution < 1.29 is 0 Å². The van der Waals surface area contributed by atoms with Gasteiger partial charge in [-0.3, -0.25) is 0 Å². The van der Waals surface area contributed by atoms with Crippen LogP contribution in [0.5, 0.6) is 0 Å². The summed E-state index contributed by atoms with van der Waals surface area (Å²) in [4.78, 5) is 0. The maximum Gasteiger partial charge on any atom is -0.00934 e. The van der Waals surface area contributed by atoms with E-state index >= 15 is 0 Å². The van der Waals surface area contributed by atoms with Gasteiger partial charge < -0.3 is 0 Å². The lowest BCUT2D eigenvalue weighted by Gasteiger charge is -1.79. The Labute approximate surface area is 67.9 Å². The smallest absolute Gasteiger partial charge is 0.00934 e. The largest absolute Gasteiger partial charge is 0.152 e. The highest BCUT2D eigenvalue weighted by Gasteiger charge is 1.68. The van der Waals surface area contributed by atoms with E-state index in [1.54, 1.807) is 11.3 Å². The normalized spacial score (nSPS) is 8.20. The zero-order valence-corrected chi connectivity index (χ0v) is 7.66. The molecule has 0 saturated heterocycles. The van der Waals surface area contributed by atoms with Gasteiger partial charge >= 0.3 is 0 Å². The van der Waals surface area contributed by atoms with Gasteiger partial charge in [-0.25, -0.2) is 0 Å². The van der Waals surface area contributed by atoms with Crippen molar-refractivity contribution in [2.45, 2.75) is 33.1 Å². The average Bonchev–Trinajstić information content (AvgIpc) is 2.44. The second kappa shape index (κ2) is 8.70. The Hall–Kier alpha value is -0.300. The number of thiophene rings is 1. The van der Waals surface area contributed by atoms with Crippen LogP contribution in [-0.2, 0) is 0 Å². The van der Waals surface area contributed by atoms with Crippen molar-refractivity contribution >= 4 is 11.3 Å². The van der Waals surface area contributed by atoms with Crippen LogP contribution < -0.4 is 0 Å². The second-order valence-electron chi connectivity index (χ2n) is 2.15. The van der Waals surface area contributed by atoms with Gasteiger partial charge in [0.1, 0.15) is 0 Å². The van der Waals surface area contributed by atoms with Crippen molar-refractivity contribution in [3.63, 3.8) is 0 Å². The molecule has 1 aromatic heterocycles. The van der Waals surface area contributed by atoms with Crippen LogP contribution in [0.15, 0.2) is 22.9 Å². The summed E-state index contributed by atoms with van der Waals surface area (Å²) >= 11 is 1.71. The van der Waals surface area contributed by atoms with Crippen LogP contribution in [0.25, 0.3) is 0 Å². The van der Waals surface area contributed by atoms with Gasteiger partial charge in [-0.05, 0) is 10.8 Å². The Kier molecular flexibility index (Phi) is 8.44. The van der Waals surface area contributed by atoms with Crippen LogP contribution in [0.2, 0.25) is 0 Å². The Morgan fingerprint density at radius 1 is 1.00 bits per heavy atom. The third kappa shape index (κ3) is 7.70. The minimum Gasteiger partial charge on any atom is -0.152 e. The van der Waals surface area contributed by atoms with Crippen LogP contribution in [-0.4, -0.2) is 0 Å². The van der Waals surface area contributed by atoms with Gasteiger partial charge in [0, 0.05) is 0 Å². The summed E-state index contributed by atoms with van der Waals surface area (Å²) in [5.74, 6) is 0. The van der Waals surface area contributed by atoms with Crippen molar-refractivity contribution in [3.05, 3.63) is 22.9 Å². The Balaban J connectivity index is 0.000000162.